The number of hydrogen-bond donors (Lipinski definition) is 0. The van der Waals surface area contributed by atoms with Crippen molar-refractivity contribution in [3.05, 3.63) is 84.4 Å². The summed E-state index contributed by atoms with van der Waals surface area (Å²) in [5, 5.41) is 4.56. The van der Waals surface area contributed by atoms with Crippen molar-refractivity contribution < 1.29 is 8.78 Å². The van der Waals surface area contributed by atoms with Gasteiger partial charge in [0, 0.05) is 0 Å². The second-order valence-corrected chi connectivity index (χ2v) is 7.56. The van der Waals surface area contributed by atoms with E-state index >= 15 is 0 Å². The first-order valence-electron chi connectivity index (χ1n) is 9.35. The summed E-state index contributed by atoms with van der Waals surface area (Å²) in [6.45, 7) is 0. The third-order valence-electron chi connectivity index (χ3n) is 6.28. The molecule has 5 aromatic carbocycles. The van der Waals surface area contributed by atoms with Crippen molar-refractivity contribution in [2.45, 2.75) is 0 Å². The lowest BCUT2D eigenvalue weighted by molar-refractivity contribution is 0.509. The van der Waals surface area contributed by atoms with Crippen LogP contribution < -0.4 is 0 Å². The lowest BCUT2D eigenvalue weighted by Gasteiger charge is -2.12. The minimum absolute atomic E-state index is 0.777. The van der Waals surface area contributed by atoms with Crippen LogP contribution in [0.4, 0.5) is 8.78 Å². The topological polar surface area (TPSA) is 0 Å². The van der Waals surface area contributed by atoms with Crippen molar-refractivity contribution in [1.29, 1.82) is 0 Å². The summed E-state index contributed by atoms with van der Waals surface area (Å²) in [4.78, 5) is 0. The van der Waals surface area contributed by atoms with Crippen LogP contribution in [0.1, 0.15) is 0 Å². The van der Waals surface area contributed by atoms with E-state index in [1.807, 2.05) is 12.1 Å². The number of halogens is 2. The maximum atomic E-state index is 14.2. The predicted molar refractivity (Wildman–Crippen MR) is 110 cm³/mol. The molecule has 0 N–H and O–H groups in total. The van der Waals surface area contributed by atoms with E-state index in [4.69, 9.17) is 0 Å². The van der Waals surface area contributed by atoms with Crippen LogP contribution in [0.3, 0.4) is 0 Å². The van der Waals surface area contributed by atoms with E-state index in [0.29, 0.717) is 0 Å². The molecule has 2 aliphatic carbocycles. The second-order valence-electron chi connectivity index (χ2n) is 7.56. The van der Waals surface area contributed by atoms with E-state index in [9.17, 15) is 8.78 Å². The van der Waals surface area contributed by atoms with Gasteiger partial charge < -0.3 is 0 Å². The van der Waals surface area contributed by atoms with Crippen molar-refractivity contribution in [2.75, 3.05) is 0 Å². The van der Waals surface area contributed by atoms with Crippen LogP contribution in [0.15, 0.2) is 72.8 Å². The first-order chi connectivity index (χ1) is 13.7. The van der Waals surface area contributed by atoms with Gasteiger partial charge in [0.25, 0.3) is 0 Å². The highest BCUT2D eigenvalue weighted by atomic mass is 19.2. The Morgan fingerprint density at radius 1 is 0.429 bits per heavy atom. The summed E-state index contributed by atoms with van der Waals surface area (Å²) in [6, 6.07) is 23.6. The molecule has 7 rings (SSSR count). The van der Waals surface area contributed by atoms with Gasteiger partial charge in [-0.2, -0.15) is 0 Å². The van der Waals surface area contributed by atoms with Gasteiger partial charge in [0.05, 0.1) is 0 Å². The zero-order valence-corrected chi connectivity index (χ0v) is 14.7. The molecule has 0 unspecified atom stereocenters. The van der Waals surface area contributed by atoms with Gasteiger partial charge in [0.2, 0.25) is 0 Å². The minimum Gasteiger partial charge on any atom is -0.204 e. The fourth-order valence-electron chi connectivity index (χ4n) is 5.23. The molecule has 0 fully saturated rings. The van der Waals surface area contributed by atoms with Crippen LogP contribution in [0, 0.1) is 11.6 Å². The maximum Gasteiger partial charge on any atom is 0.159 e. The molecule has 0 radical (unpaired) electrons. The van der Waals surface area contributed by atoms with Crippen molar-refractivity contribution in [1.82, 2.24) is 0 Å². The highest BCUT2D eigenvalue weighted by molar-refractivity contribution is 6.34. The summed E-state index contributed by atoms with van der Waals surface area (Å²) < 4.78 is 28.3. The molecule has 130 valence electrons. The number of hydrogen-bond acceptors (Lipinski definition) is 0. The summed E-state index contributed by atoms with van der Waals surface area (Å²) in [5.41, 5.74) is 8.45. The molecule has 0 aliphatic heterocycles. The normalized spacial score (nSPS) is 12.6. The number of benzene rings is 5. The number of rotatable bonds is 0. The molecule has 0 spiro atoms. The van der Waals surface area contributed by atoms with Gasteiger partial charge >= 0.3 is 0 Å². The summed E-state index contributed by atoms with van der Waals surface area (Å²) in [7, 11) is 0. The summed E-state index contributed by atoms with van der Waals surface area (Å²) in [6.07, 6.45) is 0. The van der Waals surface area contributed by atoms with Gasteiger partial charge in [-0.15, -0.1) is 0 Å². The third kappa shape index (κ3) is 1.49. The predicted octanol–water partition coefficient (Wildman–Crippen LogP) is 7.57. The fourth-order valence-corrected chi connectivity index (χ4v) is 5.23. The Labute approximate surface area is 159 Å². The first-order valence-corrected chi connectivity index (χ1v) is 9.35. The summed E-state index contributed by atoms with van der Waals surface area (Å²) in [5.74, 6) is -1.60. The summed E-state index contributed by atoms with van der Waals surface area (Å²) >= 11 is 0. The van der Waals surface area contributed by atoms with Crippen molar-refractivity contribution in [3.63, 3.8) is 0 Å². The van der Waals surface area contributed by atoms with Crippen molar-refractivity contribution in [2.24, 2.45) is 0 Å². The van der Waals surface area contributed by atoms with Gasteiger partial charge in [-0.05, 0) is 78.2 Å². The molecule has 0 saturated heterocycles. The Kier molecular flexibility index (Phi) is 2.42. The molecular formula is C26H12F2. The van der Waals surface area contributed by atoms with E-state index in [1.165, 1.54) is 39.8 Å². The monoisotopic (exact) mass is 362 g/mol. The zero-order valence-electron chi connectivity index (χ0n) is 14.7. The molecule has 0 nitrogen and oxygen atoms in total. The Bertz CT molecular complexity index is 1530. The lowest BCUT2D eigenvalue weighted by Crippen LogP contribution is -1.87. The van der Waals surface area contributed by atoms with Gasteiger partial charge in [-0.25, -0.2) is 8.78 Å². The minimum atomic E-state index is -0.800. The third-order valence-corrected chi connectivity index (χ3v) is 6.28. The second kappa shape index (κ2) is 4.66. The fraction of sp³-hybridized carbons (Fsp3) is 0. The molecule has 2 aliphatic rings. The Balaban J connectivity index is 1.82. The van der Waals surface area contributed by atoms with E-state index < -0.39 is 11.6 Å². The highest BCUT2D eigenvalue weighted by Crippen LogP contribution is 2.59. The molecule has 5 aromatic rings. The Morgan fingerprint density at radius 2 is 0.929 bits per heavy atom. The van der Waals surface area contributed by atoms with Crippen LogP contribution in [0.2, 0.25) is 0 Å². The van der Waals surface area contributed by atoms with Gasteiger partial charge in [0.1, 0.15) is 0 Å². The van der Waals surface area contributed by atoms with Crippen molar-refractivity contribution in [3.8, 4) is 44.5 Å². The molecule has 2 heteroatoms. The first kappa shape index (κ1) is 14.5. The molecule has 0 heterocycles. The lowest BCUT2D eigenvalue weighted by atomic mass is 9.90. The molecular weight excluding hydrogens is 350 g/mol. The Morgan fingerprint density at radius 3 is 1.61 bits per heavy atom. The van der Waals surface area contributed by atoms with Gasteiger partial charge in [-0.1, -0.05) is 60.7 Å². The van der Waals surface area contributed by atoms with Crippen LogP contribution in [0.5, 0.6) is 0 Å². The SMILES string of the molecule is Fc1cc2c(cc1F)-c1c3ccccc3c3c4c(ccc-2c14)-c1ccccc1-3. The standard InChI is InChI=1S/C26H12F2/c27-21-11-19-18-10-9-17-13-5-1-2-6-14(13)23-15-7-3-4-8-16(15)24(26(18)25(17)23)20(19)12-22(21)28/h1-12H. The average molecular weight is 362 g/mol. The Hall–Kier alpha value is -3.52. The zero-order chi connectivity index (χ0) is 18.6. The maximum absolute atomic E-state index is 14.2. The molecule has 0 aromatic heterocycles. The molecule has 0 amide bonds. The molecule has 0 saturated carbocycles. The quantitative estimate of drug-likeness (QED) is 0.244. The van der Waals surface area contributed by atoms with Crippen LogP contribution in [-0.2, 0) is 0 Å². The van der Waals surface area contributed by atoms with Crippen LogP contribution >= 0.6 is 0 Å². The van der Waals surface area contributed by atoms with Crippen LogP contribution in [0.25, 0.3) is 66.1 Å². The van der Waals surface area contributed by atoms with E-state index in [-0.39, 0.29) is 0 Å². The average Bonchev–Trinajstić information content (AvgIpc) is 3.22. The molecule has 0 atom stereocenters. The highest BCUT2D eigenvalue weighted by Gasteiger charge is 2.32. The molecule has 28 heavy (non-hydrogen) atoms. The van der Waals surface area contributed by atoms with Gasteiger partial charge in [0.15, 0.2) is 11.6 Å². The van der Waals surface area contributed by atoms with E-state index in [0.717, 1.165) is 38.4 Å². The van der Waals surface area contributed by atoms with Crippen LogP contribution in [-0.4, -0.2) is 0 Å². The number of fused-ring (bicyclic) bond motifs is 9. The van der Waals surface area contributed by atoms with Gasteiger partial charge in [-0.3, -0.25) is 0 Å². The van der Waals surface area contributed by atoms with E-state index in [1.54, 1.807) is 0 Å². The largest absolute Gasteiger partial charge is 0.204 e. The van der Waals surface area contributed by atoms with Crippen molar-refractivity contribution >= 4 is 21.5 Å². The smallest absolute Gasteiger partial charge is 0.159 e. The molecule has 0 bridgehead atoms. The van der Waals surface area contributed by atoms with E-state index in [2.05, 4.69) is 48.5 Å².